The van der Waals surface area contributed by atoms with E-state index in [-0.39, 0.29) is 5.78 Å². The normalized spacial score (nSPS) is 16.1. The second-order valence-electron chi connectivity index (χ2n) is 5.68. The van der Waals surface area contributed by atoms with E-state index in [0.717, 1.165) is 18.7 Å². The predicted octanol–water partition coefficient (Wildman–Crippen LogP) is 2.39. The quantitative estimate of drug-likeness (QED) is 0.811. The summed E-state index contributed by atoms with van der Waals surface area (Å²) in [5, 5.41) is 10.6. The first-order valence-corrected chi connectivity index (χ1v) is 8.35. The van der Waals surface area contributed by atoms with E-state index < -0.39 is 0 Å². The molecule has 3 rings (SSSR count). The number of fused-ring (bicyclic) bond motifs is 3. The number of nitrogens with zero attached hydrogens (tertiary/aromatic N) is 3. The summed E-state index contributed by atoms with van der Waals surface area (Å²) in [6, 6.07) is 7.43. The predicted molar refractivity (Wildman–Crippen MR) is 101 cm³/mol. The average molecular weight is 335 g/mol. The first kappa shape index (κ1) is 16.8. The molecule has 128 valence electrons. The molecule has 1 heterocycles. The van der Waals surface area contributed by atoms with Gasteiger partial charge >= 0.3 is 0 Å². The first-order chi connectivity index (χ1) is 12.2. The summed E-state index contributed by atoms with van der Waals surface area (Å²) in [5.41, 5.74) is 3.57. The fraction of sp³-hybridized carbons (Fsp3) is 0.263. The maximum atomic E-state index is 13.1. The van der Waals surface area contributed by atoms with Crippen LogP contribution in [0.3, 0.4) is 0 Å². The zero-order chi connectivity index (χ0) is 18.0. The molecule has 0 saturated heterocycles. The molecule has 0 amide bonds. The van der Waals surface area contributed by atoms with Crippen molar-refractivity contribution in [1.82, 2.24) is 10.2 Å². The van der Waals surface area contributed by atoms with E-state index in [4.69, 9.17) is 10.4 Å². The van der Waals surface area contributed by atoms with E-state index >= 15 is 0 Å². The standard InChI is InChI=1S/C19H21N5O/c1-4-24(5-2)19-22-16-13-8-6-7-9-14(13)18(25)15(17(16)23-19)12(10-20)11-21-3/h6-11,20-21H,4-5H2,1-3H3/b12-11+,20-10?. The second-order valence-corrected chi connectivity index (χ2v) is 5.68. The summed E-state index contributed by atoms with van der Waals surface area (Å²) in [4.78, 5) is 24.5. The maximum absolute atomic E-state index is 13.1. The largest absolute Gasteiger partial charge is 0.393 e. The molecule has 0 bridgehead atoms. The number of hydrogen-bond acceptors (Lipinski definition) is 6. The Morgan fingerprint density at radius 2 is 1.88 bits per heavy atom. The monoisotopic (exact) mass is 335 g/mol. The number of aliphatic imine (C=N–C) groups is 2. The molecule has 0 fully saturated rings. The Morgan fingerprint density at radius 1 is 1.20 bits per heavy atom. The molecular formula is C19H21N5O. The van der Waals surface area contributed by atoms with Gasteiger partial charge in [0.1, 0.15) is 11.4 Å². The number of nitrogens with one attached hydrogen (secondary N) is 2. The molecule has 2 N–H and O–H groups in total. The van der Waals surface area contributed by atoms with Crippen LogP contribution in [0.4, 0.5) is 0 Å². The van der Waals surface area contributed by atoms with Crippen molar-refractivity contribution >= 4 is 23.7 Å². The lowest BCUT2D eigenvalue weighted by atomic mass is 9.84. The highest BCUT2D eigenvalue weighted by Crippen LogP contribution is 2.33. The van der Waals surface area contributed by atoms with Crippen LogP contribution >= 0.6 is 0 Å². The molecule has 2 aliphatic rings. The van der Waals surface area contributed by atoms with Crippen molar-refractivity contribution in [3.8, 4) is 0 Å². The molecule has 25 heavy (non-hydrogen) atoms. The van der Waals surface area contributed by atoms with Crippen LogP contribution in [-0.2, 0) is 0 Å². The summed E-state index contributed by atoms with van der Waals surface area (Å²) in [5.74, 6) is 0.491. The summed E-state index contributed by atoms with van der Waals surface area (Å²) in [7, 11) is 1.74. The molecule has 6 heteroatoms. The molecule has 0 spiro atoms. The maximum Gasteiger partial charge on any atom is 0.226 e. The topological polar surface area (TPSA) is 80.9 Å². The minimum absolute atomic E-state index is 0.126. The molecule has 1 aliphatic heterocycles. The van der Waals surface area contributed by atoms with E-state index in [1.54, 1.807) is 19.3 Å². The van der Waals surface area contributed by atoms with Crippen LogP contribution in [0.5, 0.6) is 0 Å². The molecular weight excluding hydrogens is 314 g/mol. The third kappa shape index (κ3) is 2.69. The molecule has 1 aromatic rings. The van der Waals surface area contributed by atoms with Crippen LogP contribution in [0.1, 0.15) is 29.8 Å². The van der Waals surface area contributed by atoms with Gasteiger partial charge in [0.2, 0.25) is 5.96 Å². The van der Waals surface area contributed by atoms with Crippen molar-refractivity contribution < 1.29 is 4.79 Å². The van der Waals surface area contributed by atoms with Gasteiger partial charge in [-0.1, -0.05) is 24.3 Å². The lowest BCUT2D eigenvalue weighted by Crippen LogP contribution is -2.28. The van der Waals surface area contributed by atoms with Crippen molar-refractivity contribution in [2.24, 2.45) is 9.98 Å². The smallest absolute Gasteiger partial charge is 0.226 e. The minimum Gasteiger partial charge on any atom is -0.393 e. The zero-order valence-corrected chi connectivity index (χ0v) is 14.6. The molecule has 1 aromatic carbocycles. The van der Waals surface area contributed by atoms with Gasteiger partial charge < -0.3 is 15.6 Å². The highest BCUT2D eigenvalue weighted by molar-refractivity contribution is 6.34. The van der Waals surface area contributed by atoms with Gasteiger partial charge in [-0.3, -0.25) is 4.79 Å². The number of hydrogen-bond donors (Lipinski definition) is 2. The van der Waals surface area contributed by atoms with E-state index in [1.165, 1.54) is 6.21 Å². The number of Topliss-reactive ketones (excluding diaryl/α,β-unsaturated/α-hetero) is 1. The second kappa shape index (κ2) is 6.84. The van der Waals surface area contributed by atoms with E-state index in [2.05, 4.69) is 15.2 Å². The Balaban J connectivity index is 2.27. The van der Waals surface area contributed by atoms with Gasteiger partial charge in [-0.25, -0.2) is 9.98 Å². The Kier molecular flexibility index (Phi) is 4.61. The van der Waals surface area contributed by atoms with E-state index in [0.29, 0.717) is 34.1 Å². The molecule has 1 aliphatic carbocycles. The molecule has 0 radical (unpaired) electrons. The number of ketones is 1. The summed E-state index contributed by atoms with van der Waals surface area (Å²) in [6.45, 7) is 5.67. The van der Waals surface area contributed by atoms with Crippen LogP contribution in [0.15, 0.2) is 57.3 Å². The molecule has 6 nitrogen and oxygen atoms in total. The van der Waals surface area contributed by atoms with Gasteiger partial charge in [0.05, 0.1) is 5.57 Å². The molecule has 0 saturated carbocycles. The lowest BCUT2D eigenvalue weighted by Gasteiger charge is -2.19. The van der Waals surface area contributed by atoms with Crippen molar-refractivity contribution in [3.05, 3.63) is 58.4 Å². The fourth-order valence-electron chi connectivity index (χ4n) is 3.08. The van der Waals surface area contributed by atoms with Gasteiger partial charge in [-0.2, -0.15) is 0 Å². The van der Waals surface area contributed by atoms with E-state index in [1.807, 2.05) is 32.0 Å². The number of benzene rings is 1. The lowest BCUT2D eigenvalue weighted by molar-refractivity contribution is 0.103. The van der Waals surface area contributed by atoms with Crippen molar-refractivity contribution in [2.45, 2.75) is 13.8 Å². The SMILES string of the molecule is CCN(CC)C1=NC2=C(/C(C=N)=C/NC)C(=O)c3ccccc3C2=N1. The Morgan fingerprint density at radius 3 is 2.48 bits per heavy atom. The minimum atomic E-state index is -0.126. The average Bonchev–Trinajstić information content (AvgIpc) is 3.07. The summed E-state index contributed by atoms with van der Waals surface area (Å²) in [6.07, 6.45) is 2.82. The molecule has 0 aromatic heterocycles. The van der Waals surface area contributed by atoms with Crippen LogP contribution in [0.25, 0.3) is 0 Å². The van der Waals surface area contributed by atoms with Crippen LogP contribution < -0.4 is 5.32 Å². The van der Waals surface area contributed by atoms with Crippen molar-refractivity contribution in [2.75, 3.05) is 20.1 Å². The molecule has 0 unspecified atom stereocenters. The van der Waals surface area contributed by atoms with Crippen molar-refractivity contribution in [1.29, 1.82) is 5.41 Å². The summed E-state index contributed by atoms with van der Waals surface area (Å²) < 4.78 is 0. The Hall–Kier alpha value is -3.02. The number of carbonyl (C=O) groups is 1. The van der Waals surface area contributed by atoms with Gasteiger partial charge in [0.25, 0.3) is 0 Å². The number of carbonyl (C=O) groups excluding carboxylic acids is 1. The number of rotatable bonds is 5. The number of guanidine groups is 1. The van der Waals surface area contributed by atoms with Gasteiger partial charge in [-0.05, 0) is 13.8 Å². The highest BCUT2D eigenvalue weighted by atomic mass is 16.1. The van der Waals surface area contributed by atoms with Gasteiger partial charge in [-0.15, -0.1) is 0 Å². The Labute approximate surface area is 147 Å². The van der Waals surface area contributed by atoms with E-state index in [9.17, 15) is 4.79 Å². The fourth-order valence-corrected chi connectivity index (χ4v) is 3.08. The van der Waals surface area contributed by atoms with Crippen molar-refractivity contribution in [3.63, 3.8) is 0 Å². The molecule has 0 atom stereocenters. The van der Waals surface area contributed by atoms with Gasteiger partial charge in [0.15, 0.2) is 5.78 Å². The van der Waals surface area contributed by atoms with Gasteiger partial charge in [0, 0.05) is 49.3 Å². The third-order valence-electron chi connectivity index (χ3n) is 4.33. The van der Waals surface area contributed by atoms with Crippen LogP contribution in [0, 0.1) is 5.41 Å². The zero-order valence-electron chi connectivity index (χ0n) is 14.6. The Bertz CT molecular complexity index is 856. The number of allylic oxidation sites excluding steroid dienone is 3. The first-order valence-electron chi connectivity index (χ1n) is 8.35. The summed E-state index contributed by atoms with van der Waals surface area (Å²) >= 11 is 0. The third-order valence-corrected chi connectivity index (χ3v) is 4.33. The van der Waals surface area contributed by atoms with Crippen LogP contribution in [-0.4, -0.2) is 48.7 Å². The highest BCUT2D eigenvalue weighted by Gasteiger charge is 2.35. The van der Waals surface area contributed by atoms with Crippen LogP contribution in [0.2, 0.25) is 0 Å².